The molecule has 1 atom stereocenters. The molecule has 2 heterocycles. The first-order valence-electron chi connectivity index (χ1n) is 7.40. The van der Waals surface area contributed by atoms with Gasteiger partial charge in [-0.05, 0) is 23.1 Å². The van der Waals surface area contributed by atoms with Gasteiger partial charge in [-0.2, -0.15) is 0 Å². The predicted octanol–water partition coefficient (Wildman–Crippen LogP) is 4.72. The van der Waals surface area contributed by atoms with Crippen LogP contribution in [0.4, 0.5) is 0 Å². The minimum atomic E-state index is -0.114. The van der Waals surface area contributed by atoms with Crippen LogP contribution in [0.15, 0.2) is 79.5 Å². The maximum Gasteiger partial charge on any atom is 0.104 e. The molecule has 0 aliphatic rings. The Morgan fingerprint density at radius 1 is 0.913 bits per heavy atom. The van der Waals surface area contributed by atoms with Gasteiger partial charge in [-0.1, -0.05) is 54.1 Å². The lowest BCUT2D eigenvalue weighted by atomic mass is 9.98. The van der Waals surface area contributed by atoms with Gasteiger partial charge in [-0.25, -0.2) is 4.98 Å². The topological polar surface area (TPSA) is 30.7 Å². The molecule has 0 aliphatic heterocycles. The molecule has 4 heteroatoms. The molecule has 23 heavy (non-hydrogen) atoms. The highest BCUT2D eigenvalue weighted by atomic mass is 35.5. The van der Waals surface area contributed by atoms with Crippen molar-refractivity contribution < 1.29 is 0 Å². The van der Waals surface area contributed by atoms with Gasteiger partial charge in [0.1, 0.15) is 6.04 Å². The largest absolute Gasteiger partial charge is 0.324 e. The van der Waals surface area contributed by atoms with Crippen LogP contribution < -0.4 is 0 Å². The number of imidazole rings is 1. The number of rotatable bonds is 3. The highest BCUT2D eigenvalue weighted by Crippen LogP contribution is 2.33. The first kappa shape index (κ1) is 14.0. The van der Waals surface area contributed by atoms with Crippen molar-refractivity contribution in [3.63, 3.8) is 0 Å². The zero-order chi connectivity index (χ0) is 15.6. The summed E-state index contributed by atoms with van der Waals surface area (Å²) in [6.45, 7) is 0. The second kappa shape index (κ2) is 5.86. The first-order chi connectivity index (χ1) is 11.3. The molecule has 0 aliphatic carbocycles. The van der Waals surface area contributed by atoms with Crippen molar-refractivity contribution in [2.45, 2.75) is 6.04 Å². The molecule has 4 aromatic rings. The lowest BCUT2D eigenvalue weighted by molar-refractivity contribution is 0.663. The molecular formula is C19H14ClN3. The number of nitrogens with zero attached hydrogens (tertiary/aromatic N) is 3. The Morgan fingerprint density at radius 3 is 2.57 bits per heavy atom. The smallest absolute Gasteiger partial charge is 0.104 e. The van der Waals surface area contributed by atoms with E-state index in [2.05, 4.69) is 22.1 Å². The Labute approximate surface area is 139 Å². The van der Waals surface area contributed by atoms with Crippen molar-refractivity contribution in [2.75, 3.05) is 0 Å². The molecule has 0 fully saturated rings. The minimum Gasteiger partial charge on any atom is -0.324 e. The van der Waals surface area contributed by atoms with E-state index in [4.69, 9.17) is 11.6 Å². The Morgan fingerprint density at radius 2 is 1.74 bits per heavy atom. The van der Waals surface area contributed by atoms with Crippen LogP contribution in [0, 0.1) is 0 Å². The quantitative estimate of drug-likeness (QED) is 0.547. The third-order valence-electron chi connectivity index (χ3n) is 3.99. The molecule has 112 valence electrons. The van der Waals surface area contributed by atoms with Gasteiger partial charge >= 0.3 is 0 Å². The highest BCUT2D eigenvalue weighted by molar-refractivity contribution is 6.31. The van der Waals surface area contributed by atoms with E-state index >= 15 is 0 Å². The molecule has 0 N–H and O–H groups in total. The first-order valence-corrected chi connectivity index (χ1v) is 7.78. The van der Waals surface area contributed by atoms with Gasteiger partial charge in [0.2, 0.25) is 0 Å². The molecule has 4 rings (SSSR count). The van der Waals surface area contributed by atoms with Crippen LogP contribution in [0.3, 0.4) is 0 Å². The van der Waals surface area contributed by atoms with Crippen molar-refractivity contribution in [2.24, 2.45) is 0 Å². The molecule has 2 aromatic carbocycles. The molecule has 0 saturated carbocycles. The average Bonchev–Trinajstić information content (AvgIpc) is 3.11. The zero-order valence-corrected chi connectivity index (χ0v) is 13.1. The number of fused-ring (bicyclic) bond motifs is 1. The Kier molecular flexibility index (Phi) is 3.56. The molecule has 1 unspecified atom stereocenters. The van der Waals surface area contributed by atoms with E-state index in [1.807, 2.05) is 59.4 Å². The summed E-state index contributed by atoms with van der Waals surface area (Å²) in [6.07, 6.45) is 7.36. The van der Waals surface area contributed by atoms with E-state index in [-0.39, 0.29) is 6.04 Å². The normalized spacial score (nSPS) is 12.4. The summed E-state index contributed by atoms with van der Waals surface area (Å²) in [5.74, 6) is 0. The molecule has 2 aromatic heterocycles. The lowest BCUT2D eigenvalue weighted by Gasteiger charge is -2.21. The van der Waals surface area contributed by atoms with E-state index in [1.54, 1.807) is 12.5 Å². The number of hydrogen-bond acceptors (Lipinski definition) is 2. The monoisotopic (exact) mass is 319 g/mol. The Bertz CT molecular complexity index is 942. The fourth-order valence-corrected chi connectivity index (χ4v) is 3.17. The van der Waals surface area contributed by atoms with Crippen molar-refractivity contribution in [3.05, 3.63) is 95.8 Å². The van der Waals surface area contributed by atoms with Gasteiger partial charge < -0.3 is 4.57 Å². The number of pyridine rings is 1. The molecule has 0 radical (unpaired) electrons. The zero-order valence-electron chi connectivity index (χ0n) is 12.3. The van der Waals surface area contributed by atoms with Gasteiger partial charge in [-0.3, -0.25) is 4.98 Å². The van der Waals surface area contributed by atoms with E-state index in [9.17, 15) is 0 Å². The summed E-state index contributed by atoms with van der Waals surface area (Å²) in [4.78, 5) is 8.87. The third-order valence-corrected chi connectivity index (χ3v) is 4.33. The van der Waals surface area contributed by atoms with Crippen LogP contribution in [-0.4, -0.2) is 14.5 Å². The van der Waals surface area contributed by atoms with E-state index in [0.717, 1.165) is 27.1 Å². The van der Waals surface area contributed by atoms with Gasteiger partial charge in [0.15, 0.2) is 0 Å². The predicted molar refractivity (Wildman–Crippen MR) is 92.7 cm³/mol. The van der Waals surface area contributed by atoms with Gasteiger partial charge in [-0.15, -0.1) is 0 Å². The summed E-state index contributed by atoms with van der Waals surface area (Å²) in [5, 5.41) is 3.00. The van der Waals surface area contributed by atoms with Gasteiger partial charge in [0.05, 0.1) is 12.0 Å². The minimum absolute atomic E-state index is 0.114. The molecule has 0 amide bonds. The van der Waals surface area contributed by atoms with Crippen molar-refractivity contribution in [3.8, 4) is 0 Å². The van der Waals surface area contributed by atoms with Crippen LogP contribution in [0.25, 0.3) is 10.8 Å². The lowest BCUT2D eigenvalue weighted by Crippen LogP contribution is -2.13. The van der Waals surface area contributed by atoms with Crippen molar-refractivity contribution >= 4 is 22.4 Å². The van der Waals surface area contributed by atoms with Crippen LogP contribution in [-0.2, 0) is 0 Å². The van der Waals surface area contributed by atoms with E-state index in [0.29, 0.717) is 0 Å². The second-order valence-corrected chi connectivity index (χ2v) is 5.76. The summed E-state index contributed by atoms with van der Waals surface area (Å²) in [7, 11) is 0. The van der Waals surface area contributed by atoms with E-state index in [1.165, 1.54) is 0 Å². The third kappa shape index (κ3) is 2.49. The van der Waals surface area contributed by atoms with E-state index < -0.39 is 0 Å². The Balaban J connectivity index is 2.01. The standard InChI is InChI=1S/C19H14ClN3/c20-17-8-4-3-7-16(17)19(23-12-11-21-13-23)18-15-6-2-1-5-14(15)9-10-22-18/h1-13,19H. The van der Waals surface area contributed by atoms with Crippen molar-refractivity contribution in [1.82, 2.24) is 14.5 Å². The number of hydrogen-bond donors (Lipinski definition) is 0. The summed E-state index contributed by atoms with van der Waals surface area (Å²) in [6, 6.07) is 18.1. The van der Waals surface area contributed by atoms with Crippen LogP contribution in [0.2, 0.25) is 5.02 Å². The second-order valence-electron chi connectivity index (χ2n) is 5.35. The Hall–Kier alpha value is -2.65. The van der Waals surface area contributed by atoms with Crippen LogP contribution in [0.5, 0.6) is 0 Å². The van der Waals surface area contributed by atoms with Crippen molar-refractivity contribution in [1.29, 1.82) is 0 Å². The average molecular weight is 320 g/mol. The van der Waals surface area contributed by atoms with Crippen LogP contribution >= 0.6 is 11.6 Å². The maximum atomic E-state index is 6.48. The molecule has 3 nitrogen and oxygen atoms in total. The summed E-state index contributed by atoms with van der Waals surface area (Å²) < 4.78 is 2.04. The molecule has 0 saturated heterocycles. The molecule has 0 spiro atoms. The van der Waals surface area contributed by atoms with Crippen LogP contribution in [0.1, 0.15) is 17.3 Å². The molecule has 0 bridgehead atoms. The number of aromatic nitrogens is 3. The maximum absolute atomic E-state index is 6.48. The number of halogens is 1. The highest BCUT2D eigenvalue weighted by Gasteiger charge is 2.21. The fourth-order valence-electron chi connectivity index (χ4n) is 2.93. The summed E-state index contributed by atoms with van der Waals surface area (Å²) in [5.41, 5.74) is 1.98. The van der Waals surface area contributed by atoms with Gasteiger partial charge in [0.25, 0.3) is 0 Å². The summed E-state index contributed by atoms with van der Waals surface area (Å²) >= 11 is 6.48. The van der Waals surface area contributed by atoms with Gasteiger partial charge in [0, 0.05) is 29.0 Å². The SMILES string of the molecule is Clc1ccccc1C(c1nccc2ccccc12)n1ccnc1. The number of benzene rings is 2. The molecular weight excluding hydrogens is 306 g/mol. The fraction of sp³-hybridized carbons (Fsp3) is 0.0526.